The number of pyridine rings is 1. The van der Waals surface area contributed by atoms with Crippen molar-refractivity contribution >= 4 is 46.3 Å². The molecule has 0 spiro atoms. The number of nitrogens with zero attached hydrogens (tertiary/aromatic N) is 5. The topological polar surface area (TPSA) is 172 Å². The van der Waals surface area contributed by atoms with E-state index < -0.39 is 47.2 Å². The van der Waals surface area contributed by atoms with Gasteiger partial charge in [0.25, 0.3) is 5.91 Å². The van der Waals surface area contributed by atoms with Crippen molar-refractivity contribution in [3.8, 4) is 22.4 Å². The largest absolute Gasteiger partial charge is 0.463 e. The quantitative estimate of drug-likeness (QED) is 0.144. The lowest BCUT2D eigenvalue weighted by molar-refractivity contribution is -0.155. The molecule has 2 N–H and O–H groups in total. The molecule has 3 aliphatic rings. The van der Waals surface area contributed by atoms with Crippen LogP contribution in [-0.2, 0) is 46.4 Å². The first-order chi connectivity index (χ1) is 31.5. The van der Waals surface area contributed by atoms with E-state index >= 15 is 4.79 Å². The molecule has 2 aromatic carbocycles. The number of ketones is 1. The van der Waals surface area contributed by atoms with Crippen LogP contribution in [0.15, 0.2) is 73.4 Å². The van der Waals surface area contributed by atoms with Crippen molar-refractivity contribution in [2.24, 2.45) is 17.3 Å². The molecular formula is C51H63N7O8. The van der Waals surface area contributed by atoms with E-state index in [0.29, 0.717) is 49.3 Å². The van der Waals surface area contributed by atoms with Gasteiger partial charge in [-0.25, -0.2) is 5.43 Å². The van der Waals surface area contributed by atoms with E-state index in [9.17, 15) is 24.0 Å². The van der Waals surface area contributed by atoms with Gasteiger partial charge in [0.1, 0.15) is 24.7 Å². The number of amides is 4. The zero-order valence-corrected chi connectivity index (χ0v) is 39.4. The SMILES string of the molecule is C=CC(=O)N1CC[C@H](C(=O)N(C)[C@H](C(=O)N[C@H]2Cc3cccc(c3)-c3ccc4c(c3)c(c(-c3cccnc3[C@H](C)OC)n4CC)C(=O)C(C)(C)COC(=O)[C@@H]3CCCN(N3)C2=O)C(C)C)C1. The second kappa shape index (κ2) is 19.7. The van der Waals surface area contributed by atoms with E-state index in [1.54, 1.807) is 39.1 Å². The number of ether oxygens (including phenoxy) is 2. The standard InChI is InChI=1S/C51H63N7O8/c1-10-41(59)56-24-21-35(28-56)48(62)55(8)44(30(3)4)47(61)53-39-26-32-15-12-16-33(25-32)34-19-20-40-37(27-34)42(45(57(40)11-2)36-17-13-22-52-43(36)31(5)65-9)46(60)51(6,7)29-66-50(64)38-18-14-23-58(54-38)49(39)63/h10,12-13,15-17,19-20,22,25,27,30-31,35,38-39,44,54H,1,11,14,18,21,23-24,26,28-29H2,2-9H3,(H,53,61)/t31-,35-,38-,39-,44-/m0/s1. The minimum absolute atomic E-state index is 0.0907. The van der Waals surface area contributed by atoms with E-state index in [-0.39, 0.29) is 55.7 Å². The predicted molar refractivity (Wildman–Crippen MR) is 251 cm³/mol. The smallest absolute Gasteiger partial charge is 0.324 e. The Kier molecular flexibility index (Phi) is 14.3. The van der Waals surface area contributed by atoms with Crippen molar-refractivity contribution in [2.45, 2.75) is 98.0 Å². The zero-order chi connectivity index (χ0) is 47.6. The molecule has 0 unspecified atom stereocenters. The highest BCUT2D eigenvalue weighted by Crippen LogP contribution is 2.42. The highest BCUT2D eigenvalue weighted by atomic mass is 16.5. The van der Waals surface area contributed by atoms with Gasteiger partial charge in [0, 0.05) is 69.4 Å². The summed E-state index contributed by atoms with van der Waals surface area (Å²) in [5.41, 5.74) is 7.79. The number of hydrogen-bond donors (Lipinski definition) is 2. The summed E-state index contributed by atoms with van der Waals surface area (Å²) in [5.74, 6) is -3.09. The highest BCUT2D eigenvalue weighted by Gasteiger charge is 2.41. The van der Waals surface area contributed by atoms with Gasteiger partial charge in [-0.2, -0.15) is 0 Å². The maximum Gasteiger partial charge on any atom is 0.324 e. The number of cyclic esters (lactones) is 1. The molecule has 5 atom stereocenters. The third-order valence-corrected chi connectivity index (χ3v) is 13.4. The lowest BCUT2D eigenvalue weighted by Gasteiger charge is -2.37. The fraction of sp³-hybridized carbons (Fsp3) is 0.471. The summed E-state index contributed by atoms with van der Waals surface area (Å²) in [7, 11) is 3.21. The van der Waals surface area contributed by atoms with Gasteiger partial charge in [-0.3, -0.25) is 38.8 Å². The van der Waals surface area contributed by atoms with E-state index in [4.69, 9.17) is 14.5 Å². The molecule has 66 heavy (non-hydrogen) atoms. The summed E-state index contributed by atoms with van der Waals surface area (Å²) in [5, 5.41) is 5.12. The minimum atomic E-state index is -1.19. The summed E-state index contributed by atoms with van der Waals surface area (Å²) >= 11 is 0. The van der Waals surface area contributed by atoms with Crippen LogP contribution in [0.5, 0.6) is 0 Å². The molecule has 0 radical (unpaired) electrons. The Bertz CT molecular complexity index is 2550. The summed E-state index contributed by atoms with van der Waals surface area (Å²) < 4.78 is 13.9. The number of benzene rings is 2. The van der Waals surface area contributed by atoms with Crippen LogP contribution in [0.3, 0.4) is 0 Å². The maximum absolute atomic E-state index is 15.2. The van der Waals surface area contributed by atoms with Crippen LogP contribution >= 0.6 is 0 Å². The number of aryl methyl sites for hydroxylation is 1. The Balaban J connectivity index is 1.31. The molecule has 2 aromatic heterocycles. The van der Waals surface area contributed by atoms with Crippen molar-refractivity contribution in [2.75, 3.05) is 40.4 Å². The van der Waals surface area contributed by atoms with Crippen molar-refractivity contribution in [1.82, 2.24) is 35.1 Å². The Hall–Kier alpha value is -6.19. The third kappa shape index (κ3) is 9.41. The number of aromatic nitrogens is 2. The summed E-state index contributed by atoms with van der Waals surface area (Å²) in [6.07, 6.45) is 3.98. The van der Waals surface area contributed by atoms with E-state index in [1.807, 2.05) is 82.3 Å². The van der Waals surface area contributed by atoms with Crippen LogP contribution in [0.1, 0.15) is 88.5 Å². The highest BCUT2D eigenvalue weighted by molar-refractivity contribution is 6.16. The first kappa shape index (κ1) is 47.8. The number of esters is 1. The first-order valence-corrected chi connectivity index (χ1v) is 23.0. The molecule has 0 saturated carbocycles. The number of nitrogens with one attached hydrogen (secondary N) is 2. The molecular weight excluding hydrogens is 839 g/mol. The fourth-order valence-electron chi connectivity index (χ4n) is 9.70. The lowest BCUT2D eigenvalue weighted by atomic mass is 9.82. The fourth-order valence-corrected chi connectivity index (χ4v) is 9.70. The number of carbonyl (C=O) groups is 6. The van der Waals surface area contributed by atoms with Gasteiger partial charge in [0.2, 0.25) is 17.7 Å². The van der Waals surface area contributed by atoms with Crippen LogP contribution in [0.2, 0.25) is 0 Å². The van der Waals surface area contributed by atoms with Gasteiger partial charge in [-0.05, 0) is 99.9 Å². The average molecular weight is 902 g/mol. The number of fused-ring (bicyclic) bond motifs is 6. The number of likely N-dealkylation sites (tertiary alicyclic amines) is 1. The van der Waals surface area contributed by atoms with Crippen molar-refractivity contribution < 1.29 is 38.2 Å². The van der Waals surface area contributed by atoms with Gasteiger partial charge in [-0.15, -0.1) is 0 Å². The summed E-state index contributed by atoms with van der Waals surface area (Å²) in [4.78, 5) is 92.2. The Labute approximate surface area is 386 Å². The number of Topliss-reactive ketones (excluding diaryl/α,β-unsaturated/α-hetero) is 1. The van der Waals surface area contributed by atoms with Gasteiger partial charge in [-0.1, -0.05) is 50.8 Å². The minimum Gasteiger partial charge on any atom is -0.463 e. The molecule has 2 fully saturated rings. The molecule has 6 bridgehead atoms. The second-order valence-corrected chi connectivity index (χ2v) is 18.7. The number of methoxy groups -OCH3 is 1. The van der Waals surface area contributed by atoms with Crippen molar-refractivity contribution in [1.29, 1.82) is 0 Å². The number of carbonyl (C=O) groups excluding carboxylic acids is 6. The Morgan fingerprint density at radius 1 is 1.05 bits per heavy atom. The molecule has 350 valence electrons. The van der Waals surface area contributed by atoms with Crippen LogP contribution in [0.4, 0.5) is 0 Å². The molecule has 15 nitrogen and oxygen atoms in total. The number of hydrogen-bond acceptors (Lipinski definition) is 10. The van der Waals surface area contributed by atoms with Gasteiger partial charge < -0.3 is 29.2 Å². The summed E-state index contributed by atoms with van der Waals surface area (Å²) in [6.45, 7) is 16.0. The molecule has 7 rings (SSSR count). The normalized spacial score (nSPS) is 21.0. The van der Waals surface area contributed by atoms with Crippen LogP contribution in [0.25, 0.3) is 33.3 Å². The Morgan fingerprint density at radius 2 is 1.80 bits per heavy atom. The molecule has 5 heterocycles. The number of rotatable bonds is 10. The lowest BCUT2D eigenvalue weighted by Crippen LogP contribution is -2.62. The van der Waals surface area contributed by atoms with Crippen LogP contribution in [-0.4, -0.2) is 118 Å². The molecule has 4 amide bonds. The van der Waals surface area contributed by atoms with Gasteiger partial charge in [0.05, 0.1) is 34.4 Å². The number of hydrazine groups is 1. The van der Waals surface area contributed by atoms with Crippen molar-refractivity contribution in [3.05, 3.63) is 90.3 Å². The summed E-state index contributed by atoms with van der Waals surface area (Å²) in [6, 6.07) is 14.7. The molecule has 15 heteroatoms. The van der Waals surface area contributed by atoms with Gasteiger partial charge in [0.15, 0.2) is 5.78 Å². The monoisotopic (exact) mass is 901 g/mol. The zero-order valence-electron chi connectivity index (χ0n) is 39.4. The third-order valence-electron chi connectivity index (χ3n) is 13.4. The van der Waals surface area contributed by atoms with E-state index in [1.165, 1.54) is 16.0 Å². The molecule has 0 aliphatic carbocycles. The average Bonchev–Trinajstić information content (AvgIpc) is 3.95. The van der Waals surface area contributed by atoms with E-state index in [0.717, 1.165) is 33.2 Å². The Morgan fingerprint density at radius 3 is 2.52 bits per heavy atom. The molecule has 2 saturated heterocycles. The molecule has 4 aromatic rings. The molecule has 3 aliphatic heterocycles. The van der Waals surface area contributed by atoms with Crippen LogP contribution in [0, 0.1) is 17.3 Å². The maximum atomic E-state index is 15.2. The van der Waals surface area contributed by atoms with E-state index in [2.05, 4.69) is 21.9 Å². The number of likely N-dealkylation sites (N-methyl/N-ethyl adjacent to an activating group) is 1. The predicted octanol–water partition coefficient (Wildman–Crippen LogP) is 5.90. The van der Waals surface area contributed by atoms with Gasteiger partial charge >= 0.3 is 5.97 Å². The first-order valence-electron chi connectivity index (χ1n) is 23.0. The van der Waals surface area contributed by atoms with Crippen molar-refractivity contribution in [3.63, 3.8) is 0 Å². The second-order valence-electron chi connectivity index (χ2n) is 18.7. The van der Waals surface area contributed by atoms with Crippen LogP contribution < -0.4 is 10.7 Å².